The molecule has 1 unspecified atom stereocenters. The topological polar surface area (TPSA) is 59.4 Å². The molecular formula is C28H32Cl2N4O. The minimum atomic E-state index is -0.0746. The summed E-state index contributed by atoms with van der Waals surface area (Å²) in [6.07, 6.45) is 7.70. The van der Waals surface area contributed by atoms with Crippen LogP contribution in [0, 0.1) is 17.2 Å². The predicted octanol–water partition coefficient (Wildman–Crippen LogP) is 6.70. The van der Waals surface area contributed by atoms with E-state index in [0.29, 0.717) is 21.7 Å². The van der Waals surface area contributed by atoms with Gasteiger partial charge in [0.1, 0.15) is 0 Å². The number of benzene rings is 2. The normalized spacial score (nSPS) is 25.5. The van der Waals surface area contributed by atoms with Crippen LogP contribution in [-0.2, 0) is 5.41 Å². The Morgan fingerprint density at radius 1 is 1.17 bits per heavy atom. The Kier molecular flexibility index (Phi) is 7.25. The number of hydrogen-bond acceptors (Lipinski definition) is 3. The average Bonchev–Trinajstić information content (AvgIpc) is 3.35. The molecule has 1 heterocycles. The van der Waals surface area contributed by atoms with Crippen LogP contribution in [0.4, 0.5) is 10.5 Å². The van der Waals surface area contributed by atoms with Crippen LogP contribution < -0.4 is 5.32 Å². The summed E-state index contributed by atoms with van der Waals surface area (Å²) in [5.74, 6) is 0.560. The summed E-state index contributed by atoms with van der Waals surface area (Å²) in [5, 5.41) is 13.4. The molecule has 184 valence electrons. The van der Waals surface area contributed by atoms with Gasteiger partial charge < -0.3 is 15.1 Å². The van der Waals surface area contributed by atoms with Crippen molar-refractivity contribution in [3.05, 3.63) is 63.6 Å². The molecule has 2 aromatic rings. The lowest BCUT2D eigenvalue weighted by molar-refractivity contribution is 0.156. The number of amides is 2. The largest absolute Gasteiger partial charge is 0.322 e. The molecule has 3 aliphatic rings. The van der Waals surface area contributed by atoms with Crippen molar-refractivity contribution in [3.8, 4) is 6.07 Å². The van der Waals surface area contributed by atoms with Gasteiger partial charge in [0.2, 0.25) is 0 Å². The fraction of sp³-hybridized carbons (Fsp3) is 0.500. The molecule has 35 heavy (non-hydrogen) atoms. The maximum atomic E-state index is 13.5. The Morgan fingerprint density at radius 3 is 2.66 bits per heavy atom. The lowest BCUT2D eigenvalue weighted by Gasteiger charge is -2.37. The molecule has 2 aliphatic carbocycles. The number of nitriles is 1. The third-order valence-electron chi connectivity index (χ3n) is 8.17. The van der Waals surface area contributed by atoms with Gasteiger partial charge in [-0.3, -0.25) is 0 Å². The monoisotopic (exact) mass is 510 g/mol. The maximum absolute atomic E-state index is 13.5. The lowest BCUT2D eigenvalue weighted by Crippen LogP contribution is -2.46. The second-order valence-corrected chi connectivity index (χ2v) is 11.2. The van der Waals surface area contributed by atoms with E-state index >= 15 is 0 Å². The van der Waals surface area contributed by atoms with E-state index in [1.807, 2.05) is 12.1 Å². The number of halogens is 2. The molecule has 0 bridgehead atoms. The number of anilines is 1. The van der Waals surface area contributed by atoms with E-state index in [1.54, 1.807) is 18.2 Å². The third-order valence-corrected chi connectivity index (χ3v) is 8.60. The van der Waals surface area contributed by atoms with Gasteiger partial charge in [-0.1, -0.05) is 35.3 Å². The number of carbonyl (C=O) groups excluding carboxylic acids is 1. The summed E-state index contributed by atoms with van der Waals surface area (Å²) < 4.78 is 0. The minimum absolute atomic E-state index is 0.0746. The van der Waals surface area contributed by atoms with Crippen LogP contribution in [0.2, 0.25) is 10.0 Å². The highest BCUT2D eigenvalue weighted by Crippen LogP contribution is 2.62. The van der Waals surface area contributed by atoms with Gasteiger partial charge >= 0.3 is 6.03 Å². The van der Waals surface area contributed by atoms with E-state index in [1.165, 1.54) is 31.5 Å². The first-order valence-corrected chi connectivity index (χ1v) is 13.5. The first-order valence-electron chi connectivity index (χ1n) is 12.7. The Balaban J connectivity index is 1.28. The van der Waals surface area contributed by atoms with Gasteiger partial charge in [0.25, 0.3) is 0 Å². The molecule has 2 aromatic carbocycles. The second kappa shape index (κ2) is 10.4. The fourth-order valence-corrected chi connectivity index (χ4v) is 6.81. The van der Waals surface area contributed by atoms with E-state index in [4.69, 9.17) is 23.2 Å². The maximum Gasteiger partial charge on any atom is 0.322 e. The predicted molar refractivity (Wildman–Crippen MR) is 141 cm³/mol. The van der Waals surface area contributed by atoms with E-state index in [0.717, 1.165) is 50.8 Å². The molecule has 5 rings (SSSR count). The van der Waals surface area contributed by atoms with Crippen LogP contribution in [0.5, 0.6) is 0 Å². The quantitative estimate of drug-likeness (QED) is 0.450. The molecule has 0 radical (unpaired) electrons. The molecular weight excluding hydrogens is 479 g/mol. The number of rotatable bonds is 7. The van der Waals surface area contributed by atoms with Crippen LogP contribution in [-0.4, -0.2) is 48.1 Å². The third kappa shape index (κ3) is 5.45. The van der Waals surface area contributed by atoms with E-state index in [-0.39, 0.29) is 17.5 Å². The van der Waals surface area contributed by atoms with Gasteiger partial charge in [-0.2, -0.15) is 5.26 Å². The Labute approximate surface area is 218 Å². The van der Waals surface area contributed by atoms with Gasteiger partial charge in [0.15, 0.2) is 0 Å². The number of hydrogen-bond donors (Lipinski definition) is 1. The molecule has 0 spiro atoms. The first kappa shape index (κ1) is 24.4. The summed E-state index contributed by atoms with van der Waals surface area (Å²) in [7, 11) is 0. The summed E-state index contributed by atoms with van der Waals surface area (Å²) in [4.78, 5) is 18.1. The molecule has 2 saturated carbocycles. The summed E-state index contributed by atoms with van der Waals surface area (Å²) in [5.41, 5.74) is 2.83. The molecule has 7 heteroatoms. The Morgan fingerprint density at radius 2 is 1.94 bits per heavy atom. The zero-order valence-corrected chi connectivity index (χ0v) is 21.5. The van der Waals surface area contributed by atoms with E-state index < -0.39 is 0 Å². The molecule has 3 atom stereocenters. The standard InChI is InChI=1S/C28H32Cl2N4O/c29-23-15-24(30)17-25(16-23)32-27(35)34(12-4-11-33-9-1-2-10-33)26-7-8-28(18-22(28)14-26)21-6-3-5-20(13-21)19-31/h3,5-6,13,15-17,22,26H,1-2,4,7-12,14,18H2,(H,32,35)/t22?,26-,28+/m1/s1. The van der Waals surface area contributed by atoms with Crippen LogP contribution in [0.3, 0.4) is 0 Å². The van der Waals surface area contributed by atoms with Crippen LogP contribution in [0.25, 0.3) is 0 Å². The molecule has 0 aromatic heterocycles. The Bertz CT molecular complexity index is 1110. The van der Waals surface area contributed by atoms with Crippen molar-refractivity contribution in [1.29, 1.82) is 5.26 Å². The minimum Gasteiger partial charge on any atom is -0.321 e. The van der Waals surface area contributed by atoms with E-state index in [9.17, 15) is 10.1 Å². The van der Waals surface area contributed by atoms with Gasteiger partial charge in [-0.15, -0.1) is 0 Å². The number of nitrogens with zero attached hydrogens (tertiary/aromatic N) is 3. The van der Waals surface area contributed by atoms with Gasteiger partial charge in [-0.25, -0.2) is 4.79 Å². The van der Waals surface area contributed by atoms with E-state index in [2.05, 4.69) is 33.3 Å². The lowest BCUT2D eigenvalue weighted by atomic mass is 9.80. The summed E-state index contributed by atoms with van der Waals surface area (Å²) in [6, 6.07) is 15.7. The van der Waals surface area contributed by atoms with Crippen LogP contribution in [0.15, 0.2) is 42.5 Å². The van der Waals surface area contributed by atoms with Crippen molar-refractivity contribution < 1.29 is 4.79 Å². The summed E-state index contributed by atoms with van der Waals surface area (Å²) >= 11 is 12.3. The summed E-state index contributed by atoms with van der Waals surface area (Å²) in [6.45, 7) is 4.12. The van der Waals surface area contributed by atoms with Crippen molar-refractivity contribution in [2.24, 2.45) is 5.92 Å². The number of urea groups is 1. The highest BCUT2D eigenvalue weighted by atomic mass is 35.5. The molecule has 5 nitrogen and oxygen atoms in total. The molecule has 1 N–H and O–H groups in total. The van der Waals surface area contributed by atoms with Crippen LogP contribution >= 0.6 is 23.2 Å². The first-order chi connectivity index (χ1) is 17.0. The highest BCUT2D eigenvalue weighted by molar-refractivity contribution is 6.35. The van der Waals surface area contributed by atoms with Crippen molar-refractivity contribution in [1.82, 2.24) is 9.80 Å². The zero-order valence-electron chi connectivity index (χ0n) is 20.0. The van der Waals surface area contributed by atoms with Crippen molar-refractivity contribution in [3.63, 3.8) is 0 Å². The number of likely N-dealkylation sites (tertiary alicyclic amines) is 1. The van der Waals surface area contributed by atoms with Gasteiger partial charge in [0, 0.05) is 28.3 Å². The smallest absolute Gasteiger partial charge is 0.321 e. The van der Waals surface area contributed by atoms with Gasteiger partial charge in [-0.05, 0) is 112 Å². The van der Waals surface area contributed by atoms with Crippen molar-refractivity contribution >= 4 is 34.9 Å². The number of nitrogens with one attached hydrogen (secondary N) is 1. The molecule has 1 aliphatic heterocycles. The van der Waals surface area contributed by atoms with Crippen molar-refractivity contribution in [2.75, 3.05) is 31.5 Å². The molecule has 3 fully saturated rings. The van der Waals surface area contributed by atoms with Gasteiger partial charge in [0.05, 0.1) is 11.6 Å². The van der Waals surface area contributed by atoms with Crippen LogP contribution in [0.1, 0.15) is 56.1 Å². The molecule has 1 saturated heterocycles. The number of carbonyl (C=O) groups is 1. The second-order valence-electron chi connectivity index (χ2n) is 10.4. The fourth-order valence-electron chi connectivity index (χ4n) is 6.29. The average molecular weight is 511 g/mol. The Hall–Kier alpha value is -2.26. The SMILES string of the molecule is N#Cc1cccc([C@@]23CC[C@@H](N(CCCN4CCCC4)C(=O)Nc4cc(Cl)cc(Cl)c4)CC2C3)c1. The molecule has 2 amide bonds. The number of fused-ring (bicyclic) bond motifs is 1. The highest BCUT2D eigenvalue weighted by Gasteiger charge is 2.58. The van der Waals surface area contributed by atoms with Crippen molar-refractivity contribution in [2.45, 2.75) is 56.4 Å². The zero-order chi connectivity index (χ0) is 24.4.